The molecular formula is C22H21FN2O4S. The molecule has 0 aliphatic heterocycles. The number of anilines is 2. The summed E-state index contributed by atoms with van der Waals surface area (Å²) < 4.78 is 45.7. The van der Waals surface area contributed by atoms with E-state index in [1.807, 2.05) is 0 Å². The van der Waals surface area contributed by atoms with E-state index < -0.39 is 15.8 Å². The zero-order valence-electron chi connectivity index (χ0n) is 16.3. The number of rotatable bonds is 8. The van der Waals surface area contributed by atoms with Crippen molar-refractivity contribution in [2.45, 2.75) is 11.3 Å². The minimum atomic E-state index is -3.79. The standard InChI is InChI=1S/C22H21FN2O4S/c1-25(18-9-3-2-4-10-18)30(27,28)19-11-7-8-17(16-19)24-22(26)14-15-29-21-13-6-5-12-20(21)23/h2-13,16H,14-15H2,1H3,(H,24,26). The van der Waals surface area contributed by atoms with E-state index in [0.717, 1.165) is 0 Å². The number of benzene rings is 3. The molecule has 0 heterocycles. The third-order valence-corrected chi connectivity index (χ3v) is 6.10. The van der Waals surface area contributed by atoms with Gasteiger partial charge in [0.2, 0.25) is 5.91 Å². The van der Waals surface area contributed by atoms with Gasteiger partial charge in [-0.3, -0.25) is 9.10 Å². The maximum atomic E-state index is 13.5. The Balaban J connectivity index is 1.63. The SMILES string of the molecule is CN(c1ccccc1)S(=O)(=O)c1cccc(NC(=O)CCOc2ccccc2F)c1. The highest BCUT2D eigenvalue weighted by atomic mass is 32.2. The number of halogens is 1. The van der Waals surface area contributed by atoms with Gasteiger partial charge < -0.3 is 10.1 Å². The normalized spacial score (nSPS) is 11.0. The van der Waals surface area contributed by atoms with Crippen LogP contribution in [0.2, 0.25) is 0 Å². The fourth-order valence-corrected chi connectivity index (χ4v) is 3.95. The highest BCUT2D eigenvalue weighted by Crippen LogP contribution is 2.23. The first-order chi connectivity index (χ1) is 14.4. The van der Waals surface area contributed by atoms with Crippen molar-refractivity contribution in [2.24, 2.45) is 0 Å². The van der Waals surface area contributed by atoms with Gasteiger partial charge in [-0.25, -0.2) is 12.8 Å². The third-order valence-electron chi connectivity index (χ3n) is 4.32. The van der Waals surface area contributed by atoms with Crippen LogP contribution in [0.15, 0.2) is 83.8 Å². The van der Waals surface area contributed by atoms with Gasteiger partial charge >= 0.3 is 0 Å². The number of para-hydroxylation sites is 2. The Labute approximate surface area is 175 Å². The van der Waals surface area contributed by atoms with Crippen LogP contribution in [0.5, 0.6) is 5.75 Å². The summed E-state index contributed by atoms with van der Waals surface area (Å²) >= 11 is 0. The fourth-order valence-electron chi connectivity index (χ4n) is 2.71. The summed E-state index contributed by atoms with van der Waals surface area (Å²) in [7, 11) is -2.32. The van der Waals surface area contributed by atoms with Crippen molar-refractivity contribution in [2.75, 3.05) is 23.3 Å². The van der Waals surface area contributed by atoms with Crippen LogP contribution in [0, 0.1) is 5.82 Å². The van der Waals surface area contributed by atoms with Gasteiger partial charge in [0, 0.05) is 12.7 Å². The molecule has 30 heavy (non-hydrogen) atoms. The number of nitrogens with one attached hydrogen (secondary N) is 1. The minimum absolute atomic E-state index is 0.0124. The number of ether oxygens (including phenoxy) is 1. The quantitative estimate of drug-likeness (QED) is 0.587. The first-order valence-electron chi connectivity index (χ1n) is 9.19. The summed E-state index contributed by atoms with van der Waals surface area (Å²) in [5.41, 5.74) is 0.866. The van der Waals surface area contributed by atoms with Crippen LogP contribution in [0.1, 0.15) is 6.42 Å². The average molecular weight is 428 g/mol. The molecule has 6 nitrogen and oxygen atoms in total. The second-order valence-electron chi connectivity index (χ2n) is 6.41. The van der Waals surface area contributed by atoms with Crippen molar-refractivity contribution in [3.05, 3.63) is 84.7 Å². The molecular weight excluding hydrogens is 407 g/mol. The number of hydrogen-bond donors (Lipinski definition) is 1. The van der Waals surface area contributed by atoms with Crippen molar-refractivity contribution in [1.29, 1.82) is 0 Å². The monoisotopic (exact) mass is 428 g/mol. The fraction of sp³-hybridized carbons (Fsp3) is 0.136. The summed E-state index contributed by atoms with van der Waals surface area (Å²) in [6, 6.07) is 20.6. The summed E-state index contributed by atoms with van der Waals surface area (Å²) in [5, 5.41) is 2.64. The van der Waals surface area contributed by atoms with E-state index >= 15 is 0 Å². The zero-order valence-corrected chi connectivity index (χ0v) is 17.1. The van der Waals surface area contributed by atoms with E-state index in [-0.39, 0.29) is 29.6 Å². The molecule has 0 fully saturated rings. The highest BCUT2D eigenvalue weighted by molar-refractivity contribution is 7.92. The molecule has 0 atom stereocenters. The molecule has 1 amide bonds. The molecule has 0 radical (unpaired) electrons. The van der Waals surface area contributed by atoms with E-state index in [2.05, 4.69) is 5.32 Å². The zero-order chi connectivity index (χ0) is 21.6. The largest absolute Gasteiger partial charge is 0.490 e. The van der Waals surface area contributed by atoms with Crippen molar-refractivity contribution in [3.8, 4) is 5.75 Å². The summed E-state index contributed by atoms with van der Waals surface area (Å²) in [6.07, 6.45) is -0.0186. The highest BCUT2D eigenvalue weighted by Gasteiger charge is 2.21. The van der Waals surface area contributed by atoms with Gasteiger partial charge in [-0.1, -0.05) is 36.4 Å². The van der Waals surface area contributed by atoms with Crippen LogP contribution in [-0.2, 0) is 14.8 Å². The van der Waals surface area contributed by atoms with Gasteiger partial charge in [0.1, 0.15) is 0 Å². The predicted molar refractivity (Wildman–Crippen MR) is 114 cm³/mol. The van der Waals surface area contributed by atoms with Crippen LogP contribution < -0.4 is 14.4 Å². The Morgan fingerprint density at radius 1 is 1.00 bits per heavy atom. The second-order valence-corrected chi connectivity index (χ2v) is 8.38. The van der Waals surface area contributed by atoms with Crippen LogP contribution in [0.4, 0.5) is 15.8 Å². The van der Waals surface area contributed by atoms with Gasteiger partial charge in [-0.15, -0.1) is 0 Å². The Morgan fingerprint density at radius 2 is 1.70 bits per heavy atom. The lowest BCUT2D eigenvalue weighted by Gasteiger charge is -2.19. The van der Waals surface area contributed by atoms with Crippen LogP contribution >= 0.6 is 0 Å². The Kier molecular flexibility index (Phi) is 6.68. The average Bonchev–Trinajstić information content (AvgIpc) is 2.75. The summed E-state index contributed by atoms with van der Waals surface area (Å²) in [4.78, 5) is 12.2. The second kappa shape index (κ2) is 9.41. The molecule has 0 saturated carbocycles. The molecule has 3 aromatic rings. The van der Waals surface area contributed by atoms with Crippen molar-refractivity contribution in [3.63, 3.8) is 0 Å². The van der Waals surface area contributed by atoms with Crippen molar-refractivity contribution >= 4 is 27.3 Å². The molecule has 1 N–H and O–H groups in total. The van der Waals surface area contributed by atoms with Crippen LogP contribution in [0.25, 0.3) is 0 Å². The molecule has 0 unspecified atom stereocenters. The molecule has 8 heteroatoms. The molecule has 0 aliphatic rings. The third kappa shape index (κ3) is 5.15. The van der Waals surface area contributed by atoms with Gasteiger partial charge in [-0.05, 0) is 42.5 Å². The maximum absolute atomic E-state index is 13.5. The lowest BCUT2D eigenvalue weighted by atomic mass is 10.3. The summed E-state index contributed by atoms with van der Waals surface area (Å²) in [6.45, 7) is -0.0124. The van der Waals surface area contributed by atoms with E-state index in [4.69, 9.17) is 4.74 Å². The lowest BCUT2D eigenvalue weighted by molar-refractivity contribution is -0.116. The molecule has 0 bridgehead atoms. The van der Waals surface area contributed by atoms with E-state index in [9.17, 15) is 17.6 Å². The van der Waals surface area contributed by atoms with Gasteiger partial charge in [0.25, 0.3) is 10.0 Å². The van der Waals surface area contributed by atoms with E-state index in [1.165, 1.54) is 35.6 Å². The van der Waals surface area contributed by atoms with Gasteiger partial charge in [0.15, 0.2) is 11.6 Å². The number of carbonyl (C=O) groups excluding carboxylic acids is 1. The summed E-state index contributed by atoms with van der Waals surface area (Å²) in [5.74, 6) is -0.807. The molecule has 0 saturated heterocycles. The molecule has 156 valence electrons. The topological polar surface area (TPSA) is 75.7 Å². The smallest absolute Gasteiger partial charge is 0.264 e. The lowest BCUT2D eigenvalue weighted by Crippen LogP contribution is -2.26. The molecule has 0 aromatic heterocycles. The maximum Gasteiger partial charge on any atom is 0.264 e. The Hall–Kier alpha value is -3.39. The number of sulfonamides is 1. The molecule has 3 rings (SSSR count). The van der Waals surface area contributed by atoms with E-state index in [1.54, 1.807) is 54.6 Å². The van der Waals surface area contributed by atoms with Crippen LogP contribution in [0.3, 0.4) is 0 Å². The number of amides is 1. The van der Waals surface area contributed by atoms with Gasteiger partial charge in [0.05, 0.1) is 23.6 Å². The predicted octanol–water partition coefficient (Wildman–Crippen LogP) is 4.06. The van der Waals surface area contributed by atoms with E-state index in [0.29, 0.717) is 11.4 Å². The Morgan fingerprint density at radius 3 is 2.43 bits per heavy atom. The van der Waals surface area contributed by atoms with Crippen molar-refractivity contribution < 1.29 is 22.3 Å². The number of hydrogen-bond acceptors (Lipinski definition) is 4. The molecule has 3 aromatic carbocycles. The number of carbonyl (C=O) groups is 1. The van der Waals surface area contributed by atoms with Crippen LogP contribution in [-0.4, -0.2) is 28.0 Å². The minimum Gasteiger partial charge on any atom is -0.490 e. The number of nitrogens with zero attached hydrogens (tertiary/aromatic N) is 1. The van der Waals surface area contributed by atoms with Crippen molar-refractivity contribution in [1.82, 2.24) is 0 Å². The molecule has 0 spiro atoms. The Bertz CT molecular complexity index is 1120. The first kappa shape index (κ1) is 21.3. The first-order valence-corrected chi connectivity index (χ1v) is 10.6. The van der Waals surface area contributed by atoms with Gasteiger partial charge in [-0.2, -0.15) is 0 Å². The molecule has 0 aliphatic carbocycles.